The fraction of sp³-hybridized carbons (Fsp3) is 0.600. The zero-order valence-corrected chi connectivity index (χ0v) is 15.1. The molecule has 0 amide bonds. The fourth-order valence-electron chi connectivity index (χ4n) is 2.07. The molecule has 2 aromatic heterocycles. The second-order valence-electron chi connectivity index (χ2n) is 6.13. The fourth-order valence-corrected chi connectivity index (χ4v) is 3.82. The Morgan fingerprint density at radius 3 is 2.67 bits per heavy atom. The number of thiazole rings is 2. The zero-order valence-electron chi connectivity index (χ0n) is 13.4. The van der Waals surface area contributed by atoms with E-state index < -0.39 is 0 Å². The Kier molecular flexibility index (Phi) is 5.35. The lowest BCUT2D eigenvalue weighted by Crippen LogP contribution is -2.19. The highest BCUT2D eigenvalue weighted by molar-refractivity contribution is 7.15. The van der Waals surface area contributed by atoms with Gasteiger partial charge in [-0.15, -0.1) is 22.7 Å². The first-order chi connectivity index (χ1) is 9.91. The second kappa shape index (κ2) is 6.85. The van der Waals surface area contributed by atoms with E-state index >= 15 is 0 Å². The molecule has 2 heterocycles. The molecule has 0 atom stereocenters. The Morgan fingerprint density at radius 2 is 2.10 bits per heavy atom. The van der Waals surface area contributed by atoms with E-state index in [9.17, 15) is 0 Å². The van der Waals surface area contributed by atoms with E-state index in [1.54, 1.807) is 22.7 Å². The Balaban J connectivity index is 2.21. The average molecular weight is 325 g/mol. The molecule has 0 aliphatic carbocycles. The minimum absolute atomic E-state index is 0.0704. The number of rotatable bonds is 6. The third-order valence-electron chi connectivity index (χ3n) is 3.14. The predicted molar refractivity (Wildman–Crippen MR) is 92.4 cm³/mol. The van der Waals surface area contributed by atoms with E-state index in [4.69, 9.17) is 4.98 Å². The molecular formula is C15H24N4S2. The molecule has 21 heavy (non-hydrogen) atoms. The van der Waals surface area contributed by atoms with E-state index in [1.165, 1.54) is 10.6 Å². The van der Waals surface area contributed by atoms with E-state index in [0.29, 0.717) is 0 Å². The molecule has 6 heteroatoms. The van der Waals surface area contributed by atoms with Crippen molar-refractivity contribution in [1.82, 2.24) is 15.3 Å². The molecule has 116 valence electrons. The molecule has 4 nitrogen and oxygen atoms in total. The summed E-state index contributed by atoms with van der Waals surface area (Å²) in [7, 11) is 2.08. The molecule has 0 aliphatic rings. The molecular weight excluding hydrogens is 300 g/mol. The summed E-state index contributed by atoms with van der Waals surface area (Å²) in [5, 5.41) is 6.58. The van der Waals surface area contributed by atoms with Gasteiger partial charge in [-0.3, -0.25) is 0 Å². The molecule has 0 radical (unpaired) electrons. The number of hydrogen-bond acceptors (Lipinski definition) is 6. The van der Waals surface area contributed by atoms with Gasteiger partial charge >= 0.3 is 0 Å². The van der Waals surface area contributed by atoms with Crippen LogP contribution in [0.1, 0.15) is 44.0 Å². The first kappa shape index (κ1) is 16.4. The van der Waals surface area contributed by atoms with Crippen LogP contribution in [0.5, 0.6) is 0 Å². The van der Waals surface area contributed by atoms with Gasteiger partial charge < -0.3 is 10.2 Å². The third kappa shape index (κ3) is 4.25. The van der Waals surface area contributed by atoms with Crippen molar-refractivity contribution in [2.75, 3.05) is 18.5 Å². The highest BCUT2D eigenvalue weighted by Gasteiger charge is 2.24. The molecule has 0 spiro atoms. The second-order valence-corrected chi connectivity index (χ2v) is 7.92. The third-order valence-corrected chi connectivity index (χ3v) is 4.95. The van der Waals surface area contributed by atoms with Crippen molar-refractivity contribution in [2.45, 2.75) is 46.2 Å². The van der Waals surface area contributed by atoms with Crippen molar-refractivity contribution in [3.05, 3.63) is 27.2 Å². The van der Waals surface area contributed by atoms with Crippen LogP contribution < -0.4 is 10.2 Å². The monoisotopic (exact) mass is 324 g/mol. The first-order valence-corrected chi connectivity index (χ1v) is 8.97. The predicted octanol–water partition coefficient (Wildman–Crippen LogP) is 3.64. The van der Waals surface area contributed by atoms with Crippen LogP contribution in [0.2, 0.25) is 0 Å². The Hall–Kier alpha value is -0.980. The number of nitrogens with one attached hydrogen (secondary N) is 1. The van der Waals surface area contributed by atoms with Crippen LogP contribution in [0.4, 0.5) is 5.13 Å². The van der Waals surface area contributed by atoms with Crippen molar-refractivity contribution >= 4 is 27.8 Å². The maximum absolute atomic E-state index is 4.89. The average Bonchev–Trinajstić information content (AvgIpc) is 3.04. The molecule has 0 saturated carbocycles. The van der Waals surface area contributed by atoms with Gasteiger partial charge in [-0.05, 0) is 6.54 Å². The minimum atomic E-state index is 0.0704. The largest absolute Gasteiger partial charge is 0.345 e. The highest BCUT2D eigenvalue weighted by atomic mass is 32.1. The molecule has 0 aliphatic heterocycles. The van der Waals surface area contributed by atoms with Gasteiger partial charge in [0.2, 0.25) is 0 Å². The summed E-state index contributed by atoms with van der Waals surface area (Å²) in [6.45, 7) is 11.5. The van der Waals surface area contributed by atoms with Gasteiger partial charge in [0.1, 0.15) is 0 Å². The molecule has 0 bridgehead atoms. The van der Waals surface area contributed by atoms with Gasteiger partial charge in [-0.2, -0.15) is 0 Å². The molecule has 1 N–H and O–H groups in total. The van der Waals surface area contributed by atoms with Gasteiger partial charge in [0.25, 0.3) is 0 Å². The van der Waals surface area contributed by atoms with Gasteiger partial charge in [0.15, 0.2) is 5.13 Å². The van der Waals surface area contributed by atoms with Gasteiger partial charge in [0.05, 0.1) is 23.4 Å². The van der Waals surface area contributed by atoms with Crippen molar-refractivity contribution in [3.63, 3.8) is 0 Å². The van der Waals surface area contributed by atoms with E-state index in [1.807, 2.05) is 5.51 Å². The summed E-state index contributed by atoms with van der Waals surface area (Å²) < 4.78 is 0. The van der Waals surface area contributed by atoms with Crippen LogP contribution in [0.25, 0.3) is 0 Å². The summed E-state index contributed by atoms with van der Waals surface area (Å²) in [6, 6.07) is 0. The lowest BCUT2D eigenvalue weighted by atomic mass is 9.91. The summed E-state index contributed by atoms with van der Waals surface area (Å²) in [5.41, 5.74) is 4.25. The van der Waals surface area contributed by atoms with Crippen molar-refractivity contribution in [2.24, 2.45) is 0 Å². The number of anilines is 1. The van der Waals surface area contributed by atoms with Crippen molar-refractivity contribution in [1.29, 1.82) is 0 Å². The standard InChI is InChI=1S/C15H24N4S2/c1-6-16-7-12-13(15(2,3)4)18-14(21-12)19(5)8-11-9-20-10-17-11/h9-10,16H,6-8H2,1-5H3. The SMILES string of the molecule is CCNCc1sc(N(C)Cc2cscn2)nc1C(C)(C)C. The molecule has 2 aromatic rings. The van der Waals surface area contributed by atoms with Gasteiger partial charge in [-0.25, -0.2) is 9.97 Å². The first-order valence-electron chi connectivity index (χ1n) is 7.21. The van der Waals surface area contributed by atoms with Crippen LogP contribution in [0.3, 0.4) is 0 Å². The Bertz CT molecular complexity index is 555. The maximum atomic E-state index is 4.89. The van der Waals surface area contributed by atoms with Gasteiger partial charge in [-0.1, -0.05) is 27.7 Å². The molecule has 2 rings (SSSR count). The summed E-state index contributed by atoms with van der Waals surface area (Å²) in [4.78, 5) is 12.8. The number of nitrogens with zero attached hydrogens (tertiary/aromatic N) is 3. The summed E-state index contributed by atoms with van der Waals surface area (Å²) in [5.74, 6) is 0. The normalized spacial score (nSPS) is 11.9. The lowest BCUT2D eigenvalue weighted by Gasteiger charge is -2.18. The van der Waals surface area contributed by atoms with Crippen molar-refractivity contribution < 1.29 is 0 Å². The van der Waals surface area contributed by atoms with Crippen LogP contribution in [0.15, 0.2) is 10.9 Å². The van der Waals surface area contributed by atoms with E-state index in [2.05, 4.69) is 55.3 Å². The van der Waals surface area contributed by atoms with E-state index in [0.717, 1.165) is 30.5 Å². The molecule has 0 unspecified atom stereocenters. The van der Waals surface area contributed by atoms with Crippen LogP contribution in [0, 0.1) is 0 Å². The smallest absolute Gasteiger partial charge is 0.185 e. The number of hydrogen-bond donors (Lipinski definition) is 1. The maximum Gasteiger partial charge on any atom is 0.185 e. The molecule has 0 aromatic carbocycles. The Labute approximate surface area is 135 Å². The summed E-state index contributed by atoms with van der Waals surface area (Å²) >= 11 is 3.42. The van der Waals surface area contributed by atoms with Crippen LogP contribution >= 0.6 is 22.7 Å². The Morgan fingerprint density at radius 1 is 1.33 bits per heavy atom. The lowest BCUT2D eigenvalue weighted by molar-refractivity contribution is 0.560. The van der Waals surface area contributed by atoms with E-state index in [-0.39, 0.29) is 5.41 Å². The molecule has 0 fully saturated rings. The quantitative estimate of drug-likeness (QED) is 0.881. The van der Waals surface area contributed by atoms with Gasteiger partial charge in [0, 0.05) is 29.3 Å². The number of aromatic nitrogens is 2. The summed E-state index contributed by atoms with van der Waals surface area (Å²) in [6.07, 6.45) is 0. The molecule has 0 saturated heterocycles. The minimum Gasteiger partial charge on any atom is -0.345 e. The topological polar surface area (TPSA) is 41.0 Å². The van der Waals surface area contributed by atoms with Crippen LogP contribution in [-0.2, 0) is 18.5 Å². The van der Waals surface area contributed by atoms with Crippen LogP contribution in [-0.4, -0.2) is 23.6 Å². The zero-order chi connectivity index (χ0) is 15.5. The highest BCUT2D eigenvalue weighted by Crippen LogP contribution is 2.33. The van der Waals surface area contributed by atoms with Crippen molar-refractivity contribution in [3.8, 4) is 0 Å².